The van der Waals surface area contributed by atoms with E-state index in [1.165, 1.54) is 37.0 Å². The number of halogens is 1. The second-order valence-electron chi connectivity index (χ2n) is 5.30. The SMILES string of the molecule is CC1(C)OC(=O)C(=CNc2cc(F)ccc2-n2cnnn2)C(=O)O1. The Kier molecular flexibility index (Phi) is 3.72. The molecule has 1 aliphatic heterocycles. The monoisotopic (exact) mass is 333 g/mol. The molecule has 0 saturated carbocycles. The zero-order valence-corrected chi connectivity index (χ0v) is 12.7. The van der Waals surface area contributed by atoms with E-state index in [0.717, 1.165) is 12.3 Å². The maximum atomic E-state index is 13.5. The molecule has 1 fully saturated rings. The predicted octanol–water partition coefficient (Wildman–Crippen LogP) is 0.933. The molecular formula is C14H12FN5O4. The first-order valence-corrected chi connectivity index (χ1v) is 6.82. The van der Waals surface area contributed by atoms with Crippen LogP contribution >= 0.6 is 0 Å². The lowest BCUT2D eigenvalue weighted by atomic mass is 10.2. The molecule has 0 unspecified atom stereocenters. The third-order valence-electron chi connectivity index (χ3n) is 3.04. The lowest BCUT2D eigenvalue weighted by Crippen LogP contribution is -2.42. The maximum absolute atomic E-state index is 13.5. The molecule has 1 aliphatic rings. The van der Waals surface area contributed by atoms with Gasteiger partial charge in [0.05, 0.1) is 11.4 Å². The van der Waals surface area contributed by atoms with Gasteiger partial charge in [-0.15, -0.1) is 5.10 Å². The van der Waals surface area contributed by atoms with Crippen LogP contribution in [0.1, 0.15) is 13.8 Å². The summed E-state index contributed by atoms with van der Waals surface area (Å²) in [5, 5.41) is 13.4. The minimum Gasteiger partial charge on any atom is -0.419 e. The van der Waals surface area contributed by atoms with Gasteiger partial charge in [0.2, 0.25) is 0 Å². The minimum absolute atomic E-state index is 0.236. The number of rotatable bonds is 3. The van der Waals surface area contributed by atoms with Gasteiger partial charge in [0.15, 0.2) is 5.57 Å². The van der Waals surface area contributed by atoms with Crippen molar-refractivity contribution in [3.05, 3.63) is 42.1 Å². The zero-order valence-electron chi connectivity index (χ0n) is 12.7. The van der Waals surface area contributed by atoms with Crippen molar-refractivity contribution < 1.29 is 23.5 Å². The van der Waals surface area contributed by atoms with Crippen LogP contribution in [-0.2, 0) is 19.1 Å². The highest BCUT2D eigenvalue weighted by molar-refractivity contribution is 6.15. The number of carbonyl (C=O) groups is 2. The molecule has 24 heavy (non-hydrogen) atoms. The fourth-order valence-corrected chi connectivity index (χ4v) is 2.02. The second kappa shape index (κ2) is 5.72. The third-order valence-corrected chi connectivity index (χ3v) is 3.04. The van der Waals surface area contributed by atoms with E-state index >= 15 is 0 Å². The summed E-state index contributed by atoms with van der Waals surface area (Å²) >= 11 is 0. The van der Waals surface area contributed by atoms with Gasteiger partial charge in [-0.3, -0.25) is 0 Å². The molecule has 0 bridgehead atoms. The smallest absolute Gasteiger partial charge is 0.350 e. The Balaban J connectivity index is 1.91. The fraction of sp³-hybridized carbons (Fsp3) is 0.214. The number of aromatic nitrogens is 4. The molecule has 0 amide bonds. The summed E-state index contributed by atoms with van der Waals surface area (Å²) in [5.74, 6) is -3.54. The molecule has 0 aliphatic carbocycles. The Morgan fingerprint density at radius 1 is 1.25 bits per heavy atom. The van der Waals surface area contributed by atoms with Gasteiger partial charge < -0.3 is 14.8 Å². The van der Waals surface area contributed by atoms with Crippen molar-refractivity contribution in [1.82, 2.24) is 20.2 Å². The standard InChI is InChI=1S/C14H12FN5O4/c1-14(2)23-12(21)9(13(22)24-14)6-16-10-5-8(15)3-4-11(10)20-7-17-18-19-20/h3-7,16H,1-2H3. The number of nitrogens with zero attached hydrogens (tertiary/aromatic N) is 4. The van der Waals surface area contributed by atoms with Crippen molar-refractivity contribution in [3.63, 3.8) is 0 Å². The average Bonchev–Trinajstić information content (AvgIpc) is 2.99. The molecule has 10 heteroatoms. The van der Waals surface area contributed by atoms with Crippen LogP contribution in [0.3, 0.4) is 0 Å². The van der Waals surface area contributed by atoms with Crippen LogP contribution in [0.5, 0.6) is 0 Å². The molecule has 2 heterocycles. The van der Waals surface area contributed by atoms with E-state index in [1.807, 2.05) is 0 Å². The summed E-state index contributed by atoms with van der Waals surface area (Å²) < 4.78 is 24.7. The number of tetrazole rings is 1. The van der Waals surface area contributed by atoms with E-state index < -0.39 is 23.5 Å². The van der Waals surface area contributed by atoms with E-state index in [0.29, 0.717) is 5.69 Å². The Morgan fingerprint density at radius 2 is 1.96 bits per heavy atom. The van der Waals surface area contributed by atoms with Crippen LogP contribution in [0.15, 0.2) is 36.3 Å². The highest BCUT2D eigenvalue weighted by Crippen LogP contribution is 2.24. The first kappa shape index (κ1) is 15.6. The van der Waals surface area contributed by atoms with Gasteiger partial charge in [-0.05, 0) is 28.6 Å². The van der Waals surface area contributed by atoms with Crippen molar-refractivity contribution in [1.29, 1.82) is 0 Å². The molecule has 1 aromatic carbocycles. The number of hydrogen-bond acceptors (Lipinski definition) is 8. The summed E-state index contributed by atoms with van der Waals surface area (Å²) in [6, 6.07) is 3.83. The van der Waals surface area contributed by atoms with Gasteiger partial charge in [0, 0.05) is 20.0 Å². The van der Waals surface area contributed by atoms with Crippen LogP contribution in [0.25, 0.3) is 5.69 Å². The molecule has 0 radical (unpaired) electrons. The van der Waals surface area contributed by atoms with Crippen molar-refractivity contribution in [2.45, 2.75) is 19.6 Å². The molecule has 1 N–H and O–H groups in total. The first-order chi connectivity index (χ1) is 11.4. The lowest BCUT2D eigenvalue weighted by molar-refractivity contribution is -0.222. The third kappa shape index (κ3) is 3.07. The summed E-state index contributed by atoms with van der Waals surface area (Å²) in [7, 11) is 0. The van der Waals surface area contributed by atoms with E-state index in [1.54, 1.807) is 0 Å². The lowest BCUT2D eigenvalue weighted by Gasteiger charge is -2.29. The Labute approximate surface area is 135 Å². The quantitative estimate of drug-likeness (QED) is 0.502. The van der Waals surface area contributed by atoms with Crippen LogP contribution < -0.4 is 5.32 Å². The van der Waals surface area contributed by atoms with Crippen molar-refractivity contribution in [2.24, 2.45) is 0 Å². The topological polar surface area (TPSA) is 108 Å². The highest BCUT2D eigenvalue weighted by atomic mass is 19.1. The van der Waals surface area contributed by atoms with E-state index in [4.69, 9.17) is 9.47 Å². The number of carbonyl (C=O) groups excluding carboxylic acids is 2. The largest absolute Gasteiger partial charge is 0.419 e. The molecule has 124 valence electrons. The Morgan fingerprint density at radius 3 is 2.58 bits per heavy atom. The van der Waals surface area contributed by atoms with E-state index in [-0.39, 0.29) is 11.3 Å². The van der Waals surface area contributed by atoms with E-state index in [2.05, 4.69) is 20.8 Å². The Bertz CT molecular complexity index is 810. The normalized spacial score (nSPS) is 16.4. The highest BCUT2D eigenvalue weighted by Gasteiger charge is 2.38. The second-order valence-corrected chi connectivity index (χ2v) is 5.30. The average molecular weight is 333 g/mol. The van der Waals surface area contributed by atoms with Crippen LogP contribution in [-0.4, -0.2) is 37.9 Å². The molecule has 1 aromatic heterocycles. The minimum atomic E-state index is -1.33. The number of ether oxygens (including phenoxy) is 2. The van der Waals surface area contributed by atoms with Crippen LogP contribution in [0.4, 0.5) is 10.1 Å². The molecule has 1 saturated heterocycles. The fourth-order valence-electron chi connectivity index (χ4n) is 2.02. The number of cyclic esters (lactones) is 2. The Hall–Kier alpha value is -3.30. The molecule has 2 aromatic rings. The maximum Gasteiger partial charge on any atom is 0.350 e. The van der Waals surface area contributed by atoms with Crippen molar-refractivity contribution in [2.75, 3.05) is 5.32 Å². The molecule has 3 rings (SSSR count). The summed E-state index contributed by atoms with van der Waals surface area (Å²) in [5.41, 5.74) is 0.303. The van der Waals surface area contributed by atoms with Gasteiger partial charge in [0.25, 0.3) is 5.79 Å². The van der Waals surface area contributed by atoms with Gasteiger partial charge in [0.1, 0.15) is 12.1 Å². The van der Waals surface area contributed by atoms with Crippen LogP contribution in [0, 0.1) is 5.82 Å². The summed E-state index contributed by atoms with van der Waals surface area (Å²) in [6.45, 7) is 2.88. The first-order valence-electron chi connectivity index (χ1n) is 6.82. The molecule has 9 nitrogen and oxygen atoms in total. The molecule has 0 spiro atoms. The van der Waals surface area contributed by atoms with E-state index in [9.17, 15) is 14.0 Å². The number of esters is 2. The van der Waals surface area contributed by atoms with Gasteiger partial charge in [-0.25, -0.2) is 14.0 Å². The number of benzene rings is 1. The van der Waals surface area contributed by atoms with Crippen molar-refractivity contribution >= 4 is 17.6 Å². The molecular weight excluding hydrogens is 321 g/mol. The predicted molar refractivity (Wildman–Crippen MR) is 77.1 cm³/mol. The van der Waals surface area contributed by atoms with Gasteiger partial charge >= 0.3 is 11.9 Å². The number of hydrogen-bond donors (Lipinski definition) is 1. The summed E-state index contributed by atoms with van der Waals surface area (Å²) in [4.78, 5) is 23.8. The van der Waals surface area contributed by atoms with Crippen LogP contribution in [0.2, 0.25) is 0 Å². The molecule has 0 atom stereocenters. The number of anilines is 1. The van der Waals surface area contributed by atoms with Crippen molar-refractivity contribution in [3.8, 4) is 5.69 Å². The van der Waals surface area contributed by atoms with Gasteiger partial charge in [-0.2, -0.15) is 4.68 Å². The van der Waals surface area contributed by atoms with Gasteiger partial charge in [-0.1, -0.05) is 0 Å². The zero-order chi connectivity index (χ0) is 17.3. The number of nitrogens with one attached hydrogen (secondary N) is 1. The summed E-state index contributed by atoms with van der Waals surface area (Å²) in [6.07, 6.45) is 2.40.